The molecule has 2 heteroatoms. The molecule has 1 aliphatic rings. The van der Waals surface area contributed by atoms with Crippen LogP contribution < -0.4 is 5.32 Å². The Bertz CT molecular complexity index is 138. The first-order valence-electron chi connectivity index (χ1n) is 3.69. The molecule has 56 valence electrons. The van der Waals surface area contributed by atoms with Gasteiger partial charge in [-0.2, -0.15) is 0 Å². The number of Topliss-reactive ketones (excluding diaryl/α,β-unsaturated/α-hetero) is 1. The molecular formula is C8H13NO. The fourth-order valence-electron chi connectivity index (χ4n) is 0.847. The number of ketones is 1. The second kappa shape index (κ2) is 3.52. The maximum absolute atomic E-state index is 11.0. The van der Waals surface area contributed by atoms with Crippen molar-refractivity contribution in [3.05, 3.63) is 12.7 Å². The molecule has 1 aliphatic carbocycles. The van der Waals surface area contributed by atoms with Crippen molar-refractivity contribution in [1.82, 2.24) is 5.32 Å². The molecule has 0 aliphatic heterocycles. The van der Waals surface area contributed by atoms with Crippen LogP contribution in [0.15, 0.2) is 12.7 Å². The summed E-state index contributed by atoms with van der Waals surface area (Å²) >= 11 is 0. The molecule has 0 spiro atoms. The van der Waals surface area contributed by atoms with Gasteiger partial charge in [0.05, 0.1) is 6.54 Å². The van der Waals surface area contributed by atoms with E-state index in [1.165, 1.54) is 0 Å². The Morgan fingerprint density at radius 3 is 2.90 bits per heavy atom. The first-order valence-corrected chi connectivity index (χ1v) is 3.69. The lowest BCUT2D eigenvalue weighted by atomic mass is 10.3. The van der Waals surface area contributed by atoms with E-state index in [2.05, 4.69) is 11.9 Å². The van der Waals surface area contributed by atoms with Crippen LogP contribution in [-0.4, -0.2) is 18.9 Å². The summed E-state index contributed by atoms with van der Waals surface area (Å²) in [7, 11) is 0. The summed E-state index contributed by atoms with van der Waals surface area (Å²) in [4.78, 5) is 11.0. The zero-order valence-corrected chi connectivity index (χ0v) is 6.10. The van der Waals surface area contributed by atoms with Gasteiger partial charge in [0.15, 0.2) is 0 Å². The number of carbonyl (C=O) groups is 1. The standard InChI is InChI=1S/C8H13NO/c1-2-5-9-6-8(10)7-3-4-7/h2,7,9H,1,3-6H2. The third-order valence-electron chi connectivity index (χ3n) is 1.62. The Morgan fingerprint density at radius 1 is 1.70 bits per heavy atom. The highest BCUT2D eigenvalue weighted by Crippen LogP contribution is 2.29. The summed E-state index contributed by atoms with van der Waals surface area (Å²) < 4.78 is 0. The van der Waals surface area contributed by atoms with Gasteiger partial charge in [-0.15, -0.1) is 6.58 Å². The van der Waals surface area contributed by atoms with Crippen LogP contribution in [0.2, 0.25) is 0 Å². The van der Waals surface area contributed by atoms with E-state index in [0.29, 0.717) is 18.2 Å². The van der Waals surface area contributed by atoms with Crippen LogP contribution in [-0.2, 0) is 4.79 Å². The van der Waals surface area contributed by atoms with Crippen LogP contribution in [0.5, 0.6) is 0 Å². The molecule has 0 aromatic rings. The summed E-state index contributed by atoms with van der Waals surface area (Å²) in [5.74, 6) is 0.749. The quantitative estimate of drug-likeness (QED) is 0.449. The number of rotatable bonds is 5. The Hall–Kier alpha value is -0.630. The molecule has 0 aromatic carbocycles. The minimum Gasteiger partial charge on any atom is -0.307 e. The molecule has 1 saturated carbocycles. The fourth-order valence-corrected chi connectivity index (χ4v) is 0.847. The van der Waals surface area contributed by atoms with Crippen molar-refractivity contribution >= 4 is 5.78 Å². The van der Waals surface area contributed by atoms with Gasteiger partial charge in [-0.1, -0.05) is 6.08 Å². The van der Waals surface area contributed by atoms with Gasteiger partial charge in [0.25, 0.3) is 0 Å². The van der Waals surface area contributed by atoms with Crippen molar-refractivity contribution < 1.29 is 4.79 Å². The van der Waals surface area contributed by atoms with Gasteiger partial charge in [0.1, 0.15) is 5.78 Å². The molecule has 10 heavy (non-hydrogen) atoms. The topological polar surface area (TPSA) is 29.1 Å². The van der Waals surface area contributed by atoms with Gasteiger partial charge in [-0.3, -0.25) is 4.79 Å². The summed E-state index contributed by atoms with van der Waals surface area (Å²) in [6, 6.07) is 0. The lowest BCUT2D eigenvalue weighted by molar-refractivity contribution is -0.119. The predicted molar refractivity (Wildman–Crippen MR) is 40.8 cm³/mol. The van der Waals surface area contributed by atoms with Gasteiger partial charge < -0.3 is 5.32 Å². The van der Waals surface area contributed by atoms with Crippen LogP contribution in [0, 0.1) is 5.92 Å². The highest BCUT2D eigenvalue weighted by Gasteiger charge is 2.28. The largest absolute Gasteiger partial charge is 0.307 e. The van der Waals surface area contributed by atoms with Crippen molar-refractivity contribution in [2.24, 2.45) is 5.92 Å². The molecule has 1 rings (SSSR count). The number of nitrogens with one attached hydrogen (secondary N) is 1. The van der Waals surface area contributed by atoms with Gasteiger partial charge in [-0.25, -0.2) is 0 Å². The zero-order valence-electron chi connectivity index (χ0n) is 6.10. The van der Waals surface area contributed by atoms with E-state index in [-0.39, 0.29) is 0 Å². The van der Waals surface area contributed by atoms with Crippen LogP contribution in [0.1, 0.15) is 12.8 Å². The maximum atomic E-state index is 11.0. The Balaban J connectivity index is 2.00. The van der Waals surface area contributed by atoms with Crippen molar-refractivity contribution in [1.29, 1.82) is 0 Å². The van der Waals surface area contributed by atoms with Crippen molar-refractivity contribution in [3.8, 4) is 0 Å². The fraction of sp³-hybridized carbons (Fsp3) is 0.625. The summed E-state index contributed by atoms with van der Waals surface area (Å²) in [5.41, 5.74) is 0. The summed E-state index contributed by atoms with van der Waals surface area (Å²) in [6.07, 6.45) is 3.98. The third-order valence-corrected chi connectivity index (χ3v) is 1.62. The zero-order chi connectivity index (χ0) is 7.40. The van der Waals surface area contributed by atoms with E-state index < -0.39 is 0 Å². The van der Waals surface area contributed by atoms with Crippen molar-refractivity contribution in [2.75, 3.05) is 13.1 Å². The summed E-state index contributed by atoms with van der Waals surface area (Å²) in [6.45, 7) is 4.80. The van der Waals surface area contributed by atoms with Crippen molar-refractivity contribution in [2.45, 2.75) is 12.8 Å². The van der Waals surface area contributed by atoms with Gasteiger partial charge in [0.2, 0.25) is 0 Å². The molecule has 0 bridgehead atoms. The molecule has 1 N–H and O–H groups in total. The molecule has 0 heterocycles. The molecule has 0 aromatic heterocycles. The molecule has 0 atom stereocenters. The van der Waals surface area contributed by atoms with E-state index in [0.717, 1.165) is 19.4 Å². The number of hydrogen-bond donors (Lipinski definition) is 1. The van der Waals surface area contributed by atoms with Crippen molar-refractivity contribution in [3.63, 3.8) is 0 Å². The van der Waals surface area contributed by atoms with Gasteiger partial charge in [-0.05, 0) is 12.8 Å². The lowest BCUT2D eigenvalue weighted by Crippen LogP contribution is -2.23. The van der Waals surface area contributed by atoms with E-state index in [1.54, 1.807) is 6.08 Å². The highest BCUT2D eigenvalue weighted by molar-refractivity contribution is 5.84. The highest BCUT2D eigenvalue weighted by atomic mass is 16.1. The van der Waals surface area contributed by atoms with Crippen LogP contribution in [0.4, 0.5) is 0 Å². The molecule has 0 radical (unpaired) electrons. The molecule has 0 amide bonds. The average Bonchev–Trinajstić information content (AvgIpc) is 2.69. The van der Waals surface area contributed by atoms with E-state index in [4.69, 9.17) is 0 Å². The first kappa shape index (κ1) is 7.48. The molecule has 2 nitrogen and oxygen atoms in total. The number of carbonyl (C=O) groups excluding carboxylic acids is 1. The summed E-state index contributed by atoms with van der Waals surface area (Å²) in [5, 5.41) is 2.99. The number of hydrogen-bond acceptors (Lipinski definition) is 2. The second-order valence-corrected chi connectivity index (χ2v) is 2.66. The average molecular weight is 139 g/mol. The van der Waals surface area contributed by atoms with E-state index in [1.807, 2.05) is 0 Å². The van der Waals surface area contributed by atoms with E-state index in [9.17, 15) is 4.79 Å². The maximum Gasteiger partial charge on any atom is 0.149 e. The SMILES string of the molecule is C=CCNCC(=O)C1CC1. The first-order chi connectivity index (χ1) is 4.84. The Kier molecular flexibility index (Phi) is 2.63. The monoisotopic (exact) mass is 139 g/mol. The van der Waals surface area contributed by atoms with Crippen LogP contribution in [0.3, 0.4) is 0 Å². The molecule has 0 saturated heterocycles. The molecule has 0 unspecified atom stereocenters. The lowest BCUT2D eigenvalue weighted by Gasteiger charge is -1.97. The van der Waals surface area contributed by atoms with E-state index >= 15 is 0 Å². The van der Waals surface area contributed by atoms with Crippen LogP contribution in [0.25, 0.3) is 0 Å². The predicted octanol–water partition coefficient (Wildman–Crippen LogP) is 0.741. The third kappa shape index (κ3) is 2.31. The Morgan fingerprint density at radius 2 is 2.40 bits per heavy atom. The van der Waals surface area contributed by atoms with Crippen LogP contribution >= 0.6 is 0 Å². The Labute approximate surface area is 61.3 Å². The second-order valence-electron chi connectivity index (χ2n) is 2.66. The molecule has 1 fully saturated rings. The minimum atomic E-state index is 0.363. The van der Waals surface area contributed by atoms with Gasteiger partial charge >= 0.3 is 0 Å². The normalized spacial score (nSPS) is 16.8. The molecular weight excluding hydrogens is 126 g/mol. The minimum absolute atomic E-state index is 0.363. The van der Waals surface area contributed by atoms with Gasteiger partial charge in [0, 0.05) is 12.5 Å². The smallest absolute Gasteiger partial charge is 0.149 e.